The summed E-state index contributed by atoms with van der Waals surface area (Å²) < 4.78 is 15.1. The van der Waals surface area contributed by atoms with Crippen molar-refractivity contribution < 1.29 is 28.6 Å². The van der Waals surface area contributed by atoms with E-state index in [9.17, 15) is 14.4 Å². The van der Waals surface area contributed by atoms with Crippen LogP contribution in [0.3, 0.4) is 0 Å². The summed E-state index contributed by atoms with van der Waals surface area (Å²) in [5.41, 5.74) is 1.66. The van der Waals surface area contributed by atoms with Crippen LogP contribution in [0.4, 0.5) is 21.9 Å². The zero-order chi connectivity index (χ0) is 25.0. The molecule has 0 bridgehead atoms. The Morgan fingerprint density at radius 3 is 1.97 bits per heavy atom. The number of benzene rings is 2. The molecule has 0 saturated heterocycles. The number of carbonyl (C=O) groups excluding carboxylic acids is 3. The summed E-state index contributed by atoms with van der Waals surface area (Å²) in [4.78, 5) is 37.0. The zero-order valence-corrected chi connectivity index (χ0v) is 20.4. The molecule has 2 aromatic carbocycles. The number of amides is 1. The van der Waals surface area contributed by atoms with Gasteiger partial charge in [-0.25, -0.2) is 14.4 Å². The Morgan fingerprint density at radius 1 is 0.818 bits per heavy atom. The fourth-order valence-corrected chi connectivity index (χ4v) is 3.04. The van der Waals surface area contributed by atoms with Gasteiger partial charge in [-0.15, -0.1) is 0 Å². The van der Waals surface area contributed by atoms with Crippen LogP contribution in [0.2, 0.25) is 0 Å². The van der Waals surface area contributed by atoms with Crippen molar-refractivity contribution in [1.29, 1.82) is 0 Å². The molecule has 0 atom stereocenters. The fraction of sp³-hybridized carbons (Fsp3) is 0.400. The van der Waals surface area contributed by atoms with Crippen LogP contribution in [0.1, 0.15) is 67.8 Å². The Bertz CT molecular complexity index is 1050. The van der Waals surface area contributed by atoms with Crippen LogP contribution in [0.5, 0.6) is 0 Å². The third-order valence-corrected chi connectivity index (χ3v) is 4.58. The molecule has 0 aliphatic carbocycles. The predicted molar refractivity (Wildman–Crippen MR) is 127 cm³/mol. The average Bonchev–Trinajstić information content (AvgIpc) is 2.70. The Morgan fingerprint density at radius 2 is 1.42 bits per heavy atom. The molecule has 0 fully saturated rings. The fourth-order valence-electron chi connectivity index (χ4n) is 3.04. The highest BCUT2D eigenvalue weighted by Gasteiger charge is 2.23. The Kier molecular flexibility index (Phi) is 7.74. The summed E-state index contributed by atoms with van der Waals surface area (Å²) in [6.07, 6.45) is -0.581. The third-order valence-electron chi connectivity index (χ3n) is 4.58. The molecule has 0 spiro atoms. The molecular weight excluding hydrogens is 424 g/mol. The van der Waals surface area contributed by atoms with Crippen molar-refractivity contribution in [3.8, 4) is 0 Å². The van der Waals surface area contributed by atoms with Crippen molar-refractivity contribution in [3.05, 3.63) is 53.1 Å². The minimum atomic E-state index is -0.683. The van der Waals surface area contributed by atoms with Crippen LogP contribution in [-0.4, -0.2) is 37.9 Å². The van der Waals surface area contributed by atoms with Crippen molar-refractivity contribution in [2.75, 3.05) is 24.9 Å². The highest BCUT2D eigenvalue weighted by Crippen LogP contribution is 2.32. The van der Waals surface area contributed by atoms with Gasteiger partial charge in [-0.05, 0) is 62.1 Å². The van der Waals surface area contributed by atoms with Gasteiger partial charge in [0.2, 0.25) is 0 Å². The molecule has 0 aliphatic rings. The highest BCUT2D eigenvalue weighted by atomic mass is 16.6. The molecule has 178 valence electrons. The SMILES string of the molecule is COC(=O)c1cccc(Nc2cc(NC(=O)OC(C)(C)C)cc(C(C)(C)C)c2)c1C(=O)OC. The summed E-state index contributed by atoms with van der Waals surface area (Å²) in [7, 11) is 2.48. The van der Waals surface area contributed by atoms with Gasteiger partial charge in [-0.2, -0.15) is 0 Å². The number of anilines is 3. The van der Waals surface area contributed by atoms with Gasteiger partial charge in [0, 0.05) is 11.4 Å². The molecule has 8 nitrogen and oxygen atoms in total. The average molecular weight is 457 g/mol. The number of nitrogens with one attached hydrogen (secondary N) is 2. The number of methoxy groups -OCH3 is 2. The molecular formula is C25H32N2O6. The number of carbonyl (C=O) groups is 3. The molecule has 0 aromatic heterocycles. The normalized spacial score (nSPS) is 11.4. The molecule has 8 heteroatoms. The molecule has 0 heterocycles. The van der Waals surface area contributed by atoms with E-state index in [-0.39, 0.29) is 16.5 Å². The lowest BCUT2D eigenvalue weighted by atomic mass is 9.86. The van der Waals surface area contributed by atoms with Gasteiger partial charge in [0.25, 0.3) is 0 Å². The lowest BCUT2D eigenvalue weighted by molar-refractivity contribution is 0.0556. The van der Waals surface area contributed by atoms with E-state index < -0.39 is 23.6 Å². The number of ether oxygens (including phenoxy) is 3. The smallest absolute Gasteiger partial charge is 0.412 e. The third kappa shape index (κ3) is 6.97. The molecule has 0 unspecified atom stereocenters. The molecule has 1 amide bonds. The summed E-state index contributed by atoms with van der Waals surface area (Å²) >= 11 is 0. The molecule has 33 heavy (non-hydrogen) atoms. The maximum absolute atomic E-state index is 12.5. The lowest BCUT2D eigenvalue weighted by Crippen LogP contribution is -2.27. The molecule has 2 rings (SSSR count). The number of esters is 2. The van der Waals surface area contributed by atoms with Gasteiger partial charge in [0.1, 0.15) is 5.60 Å². The summed E-state index contributed by atoms with van der Waals surface area (Å²) in [5, 5.41) is 5.94. The van der Waals surface area contributed by atoms with E-state index in [4.69, 9.17) is 14.2 Å². The number of hydrogen-bond acceptors (Lipinski definition) is 7. The van der Waals surface area contributed by atoms with Gasteiger partial charge in [0.05, 0.1) is 31.0 Å². The Hall–Kier alpha value is -3.55. The summed E-state index contributed by atoms with van der Waals surface area (Å²) in [6.45, 7) is 11.5. The first kappa shape index (κ1) is 25.7. The van der Waals surface area contributed by atoms with E-state index in [1.807, 2.05) is 32.9 Å². The summed E-state index contributed by atoms with van der Waals surface area (Å²) in [5.74, 6) is -1.34. The van der Waals surface area contributed by atoms with Crippen molar-refractivity contribution in [1.82, 2.24) is 0 Å². The van der Waals surface area contributed by atoms with Gasteiger partial charge < -0.3 is 19.5 Å². The number of hydrogen-bond donors (Lipinski definition) is 2. The molecule has 0 aliphatic heterocycles. The second-order valence-electron chi connectivity index (χ2n) is 9.51. The van der Waals surface area contributed by atoms with Crippen molar-refractivity contribution in [2.45, 2.75) is 52.6 Å². The van der Waals surface area contributed by atoms with Gasteiger partial charge in [-0.1, -0.05) is 26.8 Å². The lowest BCUT2D eigenvalue weighted by Gasteiger charge is -2.23. The standard InChI is InChI=1S/C25H32N2O6/c1-24(2,3)15-12-16(14-17(13-15)27-23(30)33-25(4,5)6)26-19-11-9-10-18(21(28)31-7)20(19)22(29)32-8/h9-14,26H,1-8H3,(H,27,30). The van der Waals surface area contributed by atoms with Crippen LogP contribution in [0.25, 0.3) is 0 Å². The topological polar surface area (TPSA) is 103 Å². The maximum atomic E-state index is 12.5. The van der Waals surface area contributed by atoms with E-state index in [1.165, 1.54) is 20.3 Å². The first-order valence-corrected chi connectivity index (χ1v) is 10.5. The number of rotatable bonds is 5. The summed E-state index contributed by atoms with van der Waals surface area (Å²) in [6, 6.07) is 10.3. The van der Waals surface area contributed by atoms with E-state index in [0.29, 0.717) is 17.1 Å². The molecule has 0 saturated carbocycles. The van der Waals surface area contributed by atoms with E-state index in [1.54, 1.807) is 39.0 Å². The van der Waals surface area contributed by atoms with Gasteiger partial charge in [0.15, 0.2) is 0 Å². The Labute approximate surface area is 194 Å². The van der Waals surface area contributed by atoms with E-state index >= 15 is 0 Å². The van der Waals surface area contributed by atoms with Crippen LogP contribution in [0.15, 0.2) is 36.4 Å². The van der Waals surface area contributed by atoms with Crippen molar-refractivity contribution in [3.63, 3.8) is 0 Å². The second kappa shape index (κ2) is 9.94. The van der Waals surface area contributed by atoms with Crippen molar-refractivity contribution >= 4 is 35.1 Å². The molecule has 0 radical (unpaired) electrons. The van der Waals surface area contributed by atoms with Crippen LogP contribution in [0, 0.1) is 0 Å². The van der Waals surface area contributed by atoms with Crippen molar-refractivity contribution in [2.24, 2.45) is 0 Å². The first-order chi connectivity index (χ1) is 15.2. The minimum absolute atomic E-state index is 0.0506. The minimum Gasteiger partial charge on any atom is -0.465 e. The Balaban J connectivity index is 2.54. The van der Waals surface area contributed by atoms with E-state index in [2.05, 4.69) is 10.6 Å². The second-order valence-corrected chi connectivity index (χ2v) is 9.51. The van der Waals surface area contributed by atoms with Gasteiger partial charge in [-0.3, -0.25) is 5.32 Å². The highest BCUT2D eigenvalue weighted by molar-refractivity contribution is 6.07. The molecule has 2 aromatic rings. The predicted octanol–water partition coefficient (Wildman–Crippen LogP) is 5.65. The zero-order valence-electron chi connectivity index (χ0n) is 20.4. The van der Waals surface area contributed by atoms with Crippen LogP contribution < -0.4 is 10.6 Å². The largest absolute Gasteiger partial charge is 0.465 e. The van der Waals surface area contributed by atoms with Crippen LogP contribution in [-0.2, 0) is 19.6 Å². The van der Waals surface area contributed by atoms with Gasteiger partial charge >= 0.3 is 18.0 Å². The molecule has 2 N–H and O–H groups in total. The van der Waals surface area contributed by atoms with E-state index in [0.717, 1.165) is 5.56 Å². The first-order valence-electron chi connectivity index (χ1n) is 10.5. The van der Waals surface area contributed by atoms with Crippen LogP contribution >= 0.6 is 0 Å². The monoisotopic (exact) mass is 456 g/mol. The maximum Gasteiger partial charge on any atom is 0.412 e. The quantitative estimate of drug-likeness (QED) is 0.443.